The Morgan fingerprint density at radius 1 is 1.35 bits per heavy atom. The lowest BCUT2D eigenvalue weighted by Crippen LogP contribution is -2.22. The molecule has 94 valence electrons. The number of halogens is 2. The summed E-state index contributed by atoms with van der Waals surface area (Å²) in [4.78, 5) is 10.6. The lowest BCUT2D eigenvalue weighted by atomic mass is 10.1. The van der Waals surface area contributed by atoms with E-state index in [2.05, 4.69) is 0 Å². The van der Waals surface area contributed by atoms with Gasteiger partial charge in [0.25, 0.3) is 5.92 Å². The number of carboxylic acids is 1. The number of aromatic carboxylic acids is 1. The summed E-state index contributed by atoms with van der Waals surface area (Å²) >= 11 is 0. The molecular weight excluding hydrogens is 230 g/mol. The number of hydrogen-bond donors (Lipinski definition) is 1. The van der Waals surface area contributed by atoms with Crippen LogP contribution in [0.25, 0.3) is 0 Å². The molecule has 0 saturated carbocycles. The lowest BCUT2D eigenvalue weighted by molar-refractivity contribution is -0.0834. The molecule has 0 heterocycles. The maximum Gasteiger partial charge on any atom is 0.335 e. The fraction of sp³-hybridized carbons (Fsp3) is 0.417. The number of ether oxygens (including phenoxy) is 1. The van der Waals surface area contributed by atoms with Crippen molar-refractivity contribution in [2.45, 2.75) is 25.9 Å². The Morgan fingerprint density at radius 3 is 2.41 bits per heavy atom. The van der Waals surface area contributed by atoms with Crippen LogP contribution in [0.2, 0.25) is 0 Å². The fourth-order valence-electron chi connectivity index (χ4n) is 1.16. The largest absolute Gasteiger partial charge is 0.478 e. The molecule has 0 radical (unpaired) electrons. The van der Waals surface area contributed by atoms with Gasteiger partial charge in [0.1, 0.15) is 6.61 Å². The topological polar surface area (TPSA) is 46.5 Å². The summed E-state index contributed by atoms with van der Waals surface area (Å²) < 4.78 is 30.5. The van der Waals surface area contributed by atoms with Gasteiger partial charge in [-0.25, -0.2) is 13.6 Å². The van der Waals surface area contributed by atoms with Crippen molar-refractivity contribution in [1.29, 1.82) is 0 Å². The monoisotopic (exact) mass is 244 g/mol. The third-order valence-corrected chi connectivity index (χ3v) is 2.30. The van der Waals surface area contributed by atoms with Crippen LogP contribution in [0.3, 0.4) is 0 Å². The minimum atomic E-state index is -2.80. The third-order valence-electron chi connectivity index (χ3n) is 2.30. The van der Waals surface area contributed by atoms with Crippen molar-refractivity contribution in [2.24, 2.45) is 0 Å². The minimum Gasteiger partial charge on any atom is -0.478 e. The van der Waals surface area contributed by atoms with Gasteiger partial charge in [-0.15, -0.1) is 0 Å². The van der Waals surface area contributed by atoms with E-state index in [1.807, 2.05) is 0 Å². The molecule has 0 aliphatic heterocycles. The Morgan fingerprint density at radius 2 is 1.94 bits per heavy atom. The van der Waals surface area contributed by atoms with Crippen LogP contribution in [0.4, 0.5) is 8.78 Å². The molecule has 1 N–H and O–H groups in total. The van der Waals surface area contributed by atoms with Crippen molar-refractivity contribution in [1.82, 2.24) is 0 Å². The Bertz CT molecular complexity index is 374. The highest BCUT2D eigenvalue weighted by Gasteiger charge is 2.26. The van der Waals surface area contributed by atoms with E-state index in [4.69, 9.17) is 9.84 Å². The Hall–Kier alpha value is -1.49. The van der Waals surface area contributed by atoms with Crippen LogP contribution < -0.4 is 0 Å². The summed E-state index contributed by atoms with van der Waals surface area (Å²) in [5.74, 6) is -3.82. The highest BCUT2D eigenvalue weighted by Crippen LogP contribution is 2.18. The molecule has 0 saturated heterocycles. The van der Waals surface area contributed by atoms with E-state index < -0.39 is 18.5 Å². The first-order valence-corrected chi connectivity index (χ1v) is 5.22. The van der Waals surface area contributed by atoms with Gasteiger partial charge in [0.15, 0.2) is 0 Å². The molecule has 5 heteroatoms. The zero-order valence-corrected chi connectivity index (χ0v) is 9.45. The zero-order chi connectivity index (χ0) is 12.9. The van der Waals surface area contributed by atoms with E-state index in [9.17, 15) is 13.6 Å². The van der Waals surface area contributed by atoms with Gasteiger partial charge < -0.3 is 9.84 Å². The van der Waals surface area contributed by atoms with E-state index in [0.717, 1.165) is 0 Å². The van der Waals surface area contributed by atoms with Crippen LogP contribution in [0.15, 0.2) is 24.3 Å². The van der Waals surface area contributed by atoms with E-state index in [-0.39, 0.29) is 18.6 Å². The van der Waals surface area contributed by atoms with Crippen LogP contribution in [0.5, 0.6) is 0 Å². The van der Waals surface area contributed by atoms with Crippen molar-refractivity contribution in [3.05, 3.63) is 35.4 Å². The van der Waals surface area contributed by atoms with Crippen molar-refractivity contribution >= 4 is 5.97 Å². The Kier molecular flexibility index (Phi) is 4.57. The molecule has 1 aromatic carbocycles. The first kappa shape index (κ1) is 13.6. The summed E-state index contributed by atoms with van der Waals surface area (Å²) in [6, 6.07) is 5.93. The molecule has 1 aromatic rings. The SMILES string of the molecule is CCC(F)(F)COCc1ccc(C(=O)O)cc1. The summed E-state index contributed by atoms with van der Waals surface area (Å²) in [6.07, 6.45) is -0.259. The molecule has 0 bridgehead atoms. The average Bonchev–Trinajstić information content (AvgIpc) is 2.29. The molecule has 0 spiro atoms. The molecule has 3 nitrogen and oxygen atoms in total. The van der Waals surface area contributed by atoms with E-state index in [0.29, 0.717) is 5.56 Å². The van der Waals surface area contributed by atoms with Gasteiger partial charge in [0.2, 0.25) is 0 Å². The fourth-order valence-corrected chi connectivity index (χ4v) is 1.16. The van der Waals surface area contributed by atoms with E-state index in [1.165, 1.54) is 19.1 Å². The van der Waals surface area contributed by atoms with Crippen molar-refractivity contribution in [2.75, 3.05) is 6.61 Å². The van der Waals surface area contributed by atoms with Crippen LogP contribution in [0, 0.1) is 0 Å². The average molecular weight is 244 g/mol. The number of rotatable bonds is 6. The molecule has 0 unspecified atom stereocenters. The molecular formula is C12H14F2O3. The zero-order valence-electron chi connectivity index (χ0n) is 9.45. The van der Waals surface area contributed by atoms with Gasteiger partial charge in [0.05, 0.1) is 12.2 Å². The predicted octanol–water partition coefficient (Wildman–Crippen LogP) is 2.95. The van der Waals surface area contributed by atoms with Gasteiger partial charge in [0, 0.05) is 6.42 Å². The number of carbonyl (C=O) groups is 1. The second-order valence-corrected chi connectivity index (χ2v) is 3.70. The molecule has 1 rings (SSSR count). The number of carboxylic acid groups (broad SMARTS) is 1. The summed E-state index contributed by atoms with van der Waals surface area (Å²) in [6.45, 7) is 0.824. The highest BCUT2D eigenvalue weighted by atomic mass is 19.3. The predicted molar refractivity (Wildman–Crippen MR) is 58.3 cm³/mol. The first-order chi connectivity index (χ1) is 7.94. The molecule has 0 atom stereocenters. The van der Waals surface area contributed by atoms with Gasteiger partial charge in [-0.2, -0.15) is 0 Å². The molecule has 0 aliphatic carbocycles. The van der Waals surface area contributed by atoms with Crippen LogP contribution in [-0.4, -0.2) is 23.6 Å². The van der Waals surface area contributed by atoms with E-state index >= 15 is 0 Å². The lowest BCUT2D eigenvalue weighted by Gasteiger charge is -2.13. The molecule has 0 aliphatic rings. The van der Waals surface area contributed by atoms with Gasteiger partial charge in [-0.05, 0) is 17.7 Å². The molecule has 0 fully saturated rings. The second kappa shape index (κ2) is 5.72. The normalized spacial score (nSPS) is 11.5. The quantitative estimate of drug-likeness (QED) is 0.836. The second-order valence-electron chi connectivity index (χ2n) is 3.70. The van der Waals surface area contributed by atoms with Gasteiger partial charge >= 0.3 is 5.97 Å². The van der Waals surface area contributed by atoms with Crippen molar-refractivity contribution in [3.8, 4) is 0 Å². The Balaban J connectivity index is 2.45. The Labute approximate surface area is 98.0 Å². The summed E-state index contributed by atoms with van der Waals surface area (Å²) in [7, 11) is 0. The highest BCUT2D eigenvalue weighted by molar-refractivity contribution is 5.87. The molecule has 0 amide bonds. The minimum absolute atomic E-state index is 0.0511. The van der Waals surface area contributed by atoms with Gasteiger partial charge in [-0.3, -0.25) is 0 Å². The summed E-state index contributed by atoms with van der Waals surface area (Å²) in [5, 5.41) is 8.66. The van der Waals surface area contributed by atoms with E-state index in [1.54, 1.807) is 12.1 Å². The van der Waals surface area contributed by atoms with Crippen LogP contribution in [0.1, 0.15) is 29.3 Å². The standard InChI is InChI=1S/C12H14F2O3/c1-2-12(13,14)8-17-7-9-3-5-10(6-4-9)11(15)16/h3-6H,2,7-8H2,1H3,(H,15,16). The maximum absolute atomic E-state index is 12.8. The number of alkyl halides is 2. The maximum atomic E-state index is 12.8. The molecule has 17 heavy (non-hydrogen) atoms. The van der Waals surface area contributed by atoms with Crippen LogP contribution >= 0.6 is 0 Å². The third kappa shape index (κ3) is 4.48. The van der Waals surface area contributed by atoms with Crippen molar-refractivity contribution < 1.29 is 23.4 Å². The van der Waals surface area contributed by atoms with Crippen molar-refractivity contribution in [3.63, 3.8) is 0 Å². The molecule has 0 aromatic heterocycles. The van der Waals surface area contributed by atoms with Crippen LogP contribution in [-0.2, 0) is 11.3 Å². The number of hydrogen-bond acceptors (Lipinski definition) is 2. The number of benzene rings is 1. The first-order valence-electron chi connectivity index (χ1n) is 5.22. The summed E-state index contributed by atoms with van der Waals surface area (Å²) in [5.41, 5.74) is 0.828. The van der Waals surface area contributed by atoms with Gasteiger partial charge in [-0.1, -0.05) is 19.1 Å². The smallest absolute Gasteiger partial charge is 0.335 e.